The minimum Gasteiger partial charge on any atom is -0.481 e. The third-order valence-electron chi connectivity index (χ3n) is 6.61. The molecule has 0 aromatic heterocycles. The predicted octanol–water partition coefficient (Wildman–Crippen LogP) is 5.19. The summed E-state index contributed by atoms with van der Waals surface area (Å²) in [5.41, 5.74) is 4.74. The number of hydrogen-bond donors (Lipinski definition) is 1. The zero-order valence-electron chi connectivity index (χ0n) is 19.1. The standard InChI is InChI=1S/C28H27FN2O3/c1-18-28(33)31(25-8-4-6-20-5-2-3-7-24(20)25)17-21-16-23(13-14-26(21)34-18)30-27(32)15-19-9-11-22(29)12-10-19/h2-3,5,7,9-14,16,18,25H,4,6,8,15,17H2,1H3,(H,30,32)/t18-,25-/m1/s1. The molecule has 5 nitrogen and oxygen atoms in total. The van der Waals surface area contributed by atoms with Gasteiger partial charge in [-0.2, -0.15) is 0 Å². The average molecular weight is 459 g/mol. The summed E-state index contributed by atoms with van der Waals surface area (Å²) in [6.45, 7) is 2.21. The van der Waals surface area contributed by atoms with E-state index in [1.807, 2.05) is 29.2 Å². The van der Waals surface area contributed by atoms with E-state index in [2.05, 4.69) is 17.4 Å². The number of carbonyl (C=O) groups is 2. The van der Waals surface area contributed by atoms with E-state index in [0.717, 1.165) is 30.4 Å². The molecule has 0 radical (unpaired) electrons. The van der Waals surface area contributed by atoms with E-state index in [1.54, 1.807) is 25.1 Å². The summed E-state index contributed by atoms with van der Waals surface area (Å²) in [5, 5.41) is 2.92. The van der Waals surface area contributed by atoms with Crippen molar-refractivity contribution in [3.05, 3.63) is 94.8 Å². The number of aryl methyl sites for hydroxylation is 1. The van der Waals surface area contributed by atoms with Crippen LogP contribution in [0.15, 0.2) is 66.7 Å². The molecule has 3 aromatic rings. The largest absolute Gasteiger partial charge is 0.481 e. The molecule has 2 amide bonds. The van der Waals surface area contributed by atoms with Crippen LogP contribution in [0, 0.1) is 5.82 Å². The van der Waals surface area contributed by atoms with E-state index in [0.29, 0.717) is 18.0 Å². The number of nitrogens with one attached hydrogen (secondary N) is 1. The van der Waals surface area contributed by atoms with Crippen LogP contribution in [0.2, 0.25) is 0 Å². The second-order valence-electron chi connectivity index (χ2n) is 9.01. The van der Waals surface area contributed by atoms with Gasteiger partial charge in [0.1, 0.15) is 11.6 Å². The van der Waals surface area contributed by atoms with Gasteiger partial charge in [-0.15, -0.1) is 0 Å². The topological polar surface area (TPSA) is 58.6 Å². The second-order valence-corrected chi connectivity index (χ2v) is 9.01. The molecule has 1 aliphatic heterocycles. The summed E-state index contributed by atoms with van der Waals surface area (Å²) in [6.07, 6.45) is 2.54. The van der Waals surface area contributed by atoms with E-state index in [4.69, 9.17) is 4.74 Å². The van der Waals surface area contributed by atoms with Crippen LogP contribution >= 0.6 is 0 Å². The van der Waals surface area contributed by atoms with E-state index in [-0.39, 0.29) is 30.1 Å². The fourth-order valence-corrected chi connectivity index (χ4v) is 4.94. The zero-order valence-corrected chi connectivity index (χ0v) is 19.1. The van der Waals surface area contributed by atoms with Gasteiger partial charge in [0.25, 0.3) is 5.91 Å². The SMILES string of the molecule is C[C@H]1Oc2ccc(NC(=O)Cc3ccc(F)cc3)cc2CN([C@@H]2CCCc3ccccc32)C1=O. The molecule has 174 valence electrons. The lowest BCUT2D eigenvalue weighted by Gasteiger charge is -2.35. The Hall–Kier alpha value is -3.67. The maximum atomic E-state index is 13.3. The van der Waals surface area contributed by atoms with E-state index in [9.17, 15) is 14.0 Å². The molecule has 3 aromatic carbocycles. The van der Waals surface area contributed by atoms with Crippen LogP contribution in [0.3, 0.4) is 0 Å². The minimum atomic E-state index is -0.589. The maximum absolute atomic E-state index is 13.3. The van der Waals surface area contributed by atoms with Crippen LogP contribution in [0.25, 0.3) is 0 Å². The first-order valence-electron chi connectivity index (χ1n) is 11.7. The predicted molar refractivity (Wildman–Crippen MR) is 128 cm³/mol. The first-order valence-corrected chi connectivity index (χ1v) is 11.7. The van der Waals surface area contributed by atoms with Gasteiger partial charge in [-0.3, -0.25) is 9.59 Å². The lowest BCUT2D eigenvalue weighted by atomic mass is 9.86. The molecule has 0 spiro atoms. The van der Waals surface area contributed by atoms with Crippen molar-refractivity contribution in [1.82, 2.24) is 4.90 Å². The molecule has 0 unspecified atom stereocenters. The van der Waals surface area contributed by atoms with Gasteiger partial charge >= 0.3 is 0 Å². The van der Waals surface area contributed by atoms with Crippen molar-refractivity contribution in [2.24, 2.45) is 0 Å². The fraction of sp³-hybridized carbons (Fsp3) is 0.286. The molecule has 0 fully saturated rings. The maximum Gasteiger partial charge on any atom is 0.264 e. The summed E-state index contributed by atoms with van der Waals surface area (Å²) in [5.74, 6) is 0.108. The number of amides is 2. The van der Waals surface area contributed by atoms with Crippen LogP contribution in [0.5, 0.6) is 5.75 Å². The van der Waals surface area contributed by atoms with Gasteiger partial charge in [-0.25, -0.2) is 4.39 Å². The molecule has 34 heavy (non-hydrogen) atoms. The first-order chi connectivity index (χ1) is 16.5. The molecular weight excluding hydrogens is 431 g/mol. The Bertz CT molecular complexity index is 1220. The van der Waals surface area contributed by atoms with Gasteiger partial charge < -0.3 is 15.0 Å². The Labute approximate surface area is 198 Å². The Morgan fingerprint density at radius 2 is 1.88 bits per heavy atom. The molecule has 1 aliphatic carbocycles. The van der Waals surface area contributed by atoms with E-state index >= 15 is 0 Å². The summed E-state index contributed by atoms with van der Waals surface area (Å²) < 4.78 is 19.1. The van der Waals surface area contributed by atoms with Crippen molar-refractivity contribution in [1.29, 1.82) is 0 Å². The molecule has 2 aliphatic rings. The molecule has 1 N–H and O–H groups in total. The van der Waals surface area contributed by atoms with Crippen LogP contribution in [-0.4, -0.2) is 22.8 Å². The summed E-state index contributed by atoms with van der Waals surface area (Å²) >= 11 is 0. The number of hydrogen-bond acceptors (Lipinski definition) is 3. The number of carbonyl (C=O) groups excluding carboxylic acids is 2. The smallest absolute Gasteiger partial charge is 0.264 e. The molecule has 5 rings (SSSR count). The minimum absolute atomic E-state index is 0.00572. The Morgan fingerprint density at radius 3 is 2.71 bits per heavy atom. The first kappa shape index (κ1) is 22.1. The molecule has 0 saturated heterocycles. The quantitative estimate of drug-likeness (QED) is 0.585. The van der Waals surface area contributed by atoms with Crippen LogP contribution < -0.4 is 10.1 Å². The second kappa shape index (κ2) is 9.29. The third-order valence-corrected chi connectivity index (χ3v) is 6.61. The fourth-order valence-electron chi connectivity index (χ4n) is 4.94. The van der Waals surface area contributed by atoms with Gasteiger partial charge in [0, 0.05) is 11.3 Å². The highest BCUT2D eigenvalue weighted by Crippen LogP contribution is 2.38. The van der Waals surface area contributed by atoms with Crippen LogP contribution in [-0.2, 0) is 29.0 Å². The number of ether oxygens (including phenoxy) is 1. The Morgan fingerprint density at radius 1 is 1.09 bits per heavy atom. The number of halogens is 1. The van der Waals surface area contributed by atoms with Crippen LogP contribution in [0.4, 0.5) is 10.1 Å². The third kappa shape index (κ3) is 4.53. The van der Waals surface area contributed by atoms with Gasteiger partial charge in [-0.1, -0.05) is 36.4 Å². The summed E-state index contributed by atoms with van der Waals surface area (Å²) in [6, 6.07) is 19.7. The molecule has 1 heterocycles. The summed E-state index contributed by atoms with van der Waals surface area (Å²) in [7, 11) is 0. The van der Waals surface area contributed by atoms with Crippen molar-refractivity contribution in [3.8, 4) is 5.75 Å². The molecule has 2 atom stereocenters. The molecular formula is C28H27FN2O3. The Kier molecular flexibility index (Phi) is 6.05. The number of rotatable bonds is 4. The monoisotopic (exact) mass is 458 g/mol. The van der Waals surface area contributed by atoms with Gasteiger partial charge in [0.05, 0.1) is 19.0 Å². The highest BCUT2D eigenvalue weighted by molar-refractivity contribution is 5.92. The van der Waals surface area contributed by atoms with Crippen molar-refractivity contribution < 1.29 is 18.7 Å². The van der Waals surface area contributed by atoms with Crippen molar-refractivity contribution in [2.75, 3.05) is 5.32 Å². The number of nitrogens with zero attached hydrogens (tertiary/aromatic N) is 1. The number of anilines is 1. The average Bonchev–Trinajstić information content (AvgIpc) is 2.96. The highest BCUT2D eigenvalue weighted by Gasteiger charge is 2.35. The highest BCUT2D eigenvalue weighted by atomic mass is 19.1. The van der Waals surface area contributed by atoms with Gasteiger partial charge in [0.15, 0.2) is 6.10 Å². The van der Waals surface area contributed by atoms with Crippen molar-refractivity contribution in [3.63, 3.8) is 0 Å². The zero-order chi connectivity index (χ0) is 23.7. The van der Waals surface area contributed by atoms with E-state index in [1.165, 1.54) is 23.3 Å². The van der Waals surface area contributed by atoms with Crippen molar-refractivity contribution in [2.45, 2.75) is 51.3 Å². The number of fused-ring (bicyclic) bond motifs is 2. The van der Waals surface area contributed by atoms with Gasteiger partial charge in [0.2, 0.25) is 5.91 Å². The van der Waals surface area contributed by atoms with Crippen LogP contribution in [0.1, 0.15) is 48.1 Å². The lowest BCUT2D eigenvalue weighted by Crippen LogP contribution is -2.41. The normalized spacial score (nSPS) is 19.5. The van der Waals surface area contributed by atoms with Crippen molar-refractivity contribution >= 4 is 17.5 Å². The lowest BCUT2D eigenvalue weighted by molar-refractivity contribution is -0.140. The molecule has 6 heteroatoms. The van der Waals surface area contributed by atoms with Gasteiger partial charge in [-0.05, 0) is 73.2 Å². The molecule has 0 bridgehead atoms. The number of benzene rings is 3. The molecule has 0 saturated carbocycles. The summed E-state index contributed by atoms with van der Waals surface area (Å²) in [4.78, 5) is 27.8. The Balaban J connectivity index is 1.38. The van der Waals surface area contributed by atoms with E-state index < -0.39 is 6.10 Å².